The second-order valence-corrected chi connectivity index (χ2v) is 3.36. The average Bonchev–Trinajstić information content (AvgIpc) is 2.13. The van der Waals surface area contributed by atoms with Gasteiger partial charge in [-0.2, -0.15) is 5.10 Å². The van der Waals surface area contributed by atoms with Crippen LogP contribution in [0.3, 0.4) is 0 Å². The number of aliphatic hydroxyl groups is 1. The minimum atomic E-state index is -0.423. The Labute approximate surface area is 86.1 Å². The molecule has 14 heavy (non-hydrogen) atoms. The molecular weight excluding hydrogens is 206 g/mol. The van der Waals surface area contributed by atoms with Gasteiger partial charge in [-0.05, 0) is 13.3 Å². The first-order valence-electron chi connectivity index (χ1n) is 4.25. The molecule has 0 aromatic carbocycles. The lowest BCUT2D eigenvalue weighted by Crippen LogP contribution is -2.19. The summed E-state index contributed by atoms with van der Waals surface area (Å²) in [7, 11) is 0. The number of aromatic nitrogens is 2. The summed E-state index contributed by atoms with van der Waals surface area (Å²) < 4.78 is 0. The number of nitrogens with one attached hydrogen (secondary N) is 2. The first-order valence-corrected chi connectivity index (χ1v) is 4.63. The van der Waals surface area contributed by atoms with E-state index in [4.69, 9.17) is 16.7 Å². The molecule has 1 rings (SSSR count). The molecule has 0 aliphatic heterocycles. The van der Waals surface area contributed by atoms with Crippen LogP contribution in [-0.2, 0) is 0 Å². The number of rotatable bonds is 4. The Hall–Kier alpha value is -1.07. The highest BCUT2D eigenvalue weighted by molar-refractivity contribution is 6.32. The van der Waals surface area contributed by atoms with Crippen LogP contribution in [-0.4, -0.2) is 28.0 Å². The zero-order chi connectivity index (χ0) is 10.6. The Morgan fingerprint density at radius 3 is 3.14 bits per heavy atom. The summed E-state index contributed by atoms with van der Waals surface area (Å²) in [6.45, 7) is 1.97. The van der Waals surface area contributed by atoms with Crippen LogP contribution in [0, 0.1) is 0 Å². The molecule has 0 aliphatic carbocycles. The SMILES string of the molecule is C[C@@H](CCO)Nc1cn[nH]c(=O)c1Cl. The maximum atomic E-state index is 11.0. The van der Waals surface area contributed by atoms with Gasteiger partial charge in [-0.25, -0.2) is 5.10 Å². The van der Waals surface area contributed by atoms with E-state index in [2.05, 4.69) is 15.5 Å². The number of anilines is 1. The smallest absolute Gasteiger partial charge is 0.285 e. The molecule has 1 atom stereocenters. The van der Waals surface area contributed by atoms with Crippen molar-refractivity contribution < 1.29 is 5.11 Å². The molecule has 1 aromatic rings. The molecule has 0 saturated heterocycles. The van der Waals surface area contributed by atoms with Crippen molar-refractivity contribution in [3.05, 3.63) is 21.6 Å². The average molecular weight is 218 g/mol. The summed E-state index contributed by atoms with van der Waals surface area (Å²) in [5, 5.41) is 17.6. The fourth-order valence-corrected chi connectivity index (χ4v) is 1.16. The van der Waals surface area contributed by atoms with Crippen molar-refractivity contribution in [1.29, 1.82) is 0 Å². The van der Waals surface area contributed by atoms with Gasteiger partial charge in [-0.3, -0.25) is 4.79 Å². The van der Waals surface area contributed by atoms with E-state index < -0.39 is 5.56 Å². The lowest BCUT2D eigenvalue weighted by atomic mass is 10.2. The molecule has 0 aliphatic rings. The molecule has 0 amide bonds. The predicted octanol–water partition coefficient (Wildman–Crippen LogP) is 0.606. The van der Waals surface area contributed by atoms with E-state index in [0.717, 1.165) is 0 Å². The Morgan fingerprint density at radius 1 is 1.79 bits per heavy atom. The van der Waals surface area contributed by atoms with Crippen LogP contribution in [0.15, 0.2) is 11.0 Å². The van der Waals surface area contributed by atoms with Crippen LogP contribution in [0.4, 0.5) is 5.69 Å². The largest absolute Gasteiger partial charge is 0.396 e. The van der Waals surface area contributed by atoms with Crippen LogP contribution in [0.1, 0.15) is 13.3 Å². The van der Waals surface area contributed by atoms with Gasteiger partial charge in [0, 0.05) is 12.6 Å². The monoisotopic (exact) mass is 217 g/mol. The quantitative estimate of drug-likeness (QED) is 0.691. The highest BCUT2D eigenvalue weighted by Gasteiger charge is 2.07. The molecule has 78 valence electrons. The number of hydrogen-bond donors (Lipinski definition) is 3. The maximum absolute atomic E-state index is 11.0. The summed E-state index contributed by atoms with van der Waals surface area (Å²) >= 11 is 5.73. The van der Waals surface area contributed by atoms with Gasteiger partial charge in [0.15, 0.2) is 0 Å². The molecule has 0 radical (unpaired) electrons. The molecule has 6 heteroatoms. The Kier molecular flexibility index (Phi) is 3.91. The fraction of sp³-hybridized carbons (Fsp3) is 0.500. The van der Waals surface area contributed by atoms with Crippen molar-refractivity contribution in [3.63, 3.8) is 0 Å². The molecule has 0 fully saturated rings. The highest BCUT2D eigenvalue weighted by atomic mass is 35.5. The molecule has 3 N–H and O–H groups in total. The van der Waals surface area contributed by atoms with Crippen LogP contribution in [0.2, 0.25) is 5.02 Å². The lowest BCUT2D eigenvalue weighted by Gasteiger charge is -2.13. The molecule has 0 saturated carbocycles. The number of aliphatic hydroxyl groups excluding tert-OH is 1. The van der Waals surface area contributed by atoms with Gasteiger partial charge < -0.3 is 10.4 Å². The third-order valence-electron chi connectivity index (χ3n) is 1.76. The number of halogens is 1. The van der Waals surface area contributed by atoms with Crippen molar-refractivity contribution in [2.24, 2.45) is 0 Å². The van der Waals surface area contributed by atoms with E-state index >= 15 is 0 Å². The van der Waals surface area contributed by atoms with E-state index in [9.17, 15) is 4.79 Å². The van der Waals surface area contributed by atoms with Gasteiger partial charge in [-0.1, -0.05) is 11.6 Å². The summed E-state index contributed by atoms with van der Waals surface area (Å²) in [5.74, 6) is 0. The molecular formula is C8H12ClN3O2. The number of nitrogens with zero attached hydrogens (tertiary/aromatic N) is 1. The topological polar surface area (TPSA) is 78.0 Å². The molecule has 0 spiro atoms. The Morgan fingerprint density at radius 2 is 2.50 bits per heavy atom. The number of aromatic amines is 1. The molecule has 0 unspecified atom stereocenters. The summed E-state index contributed by atoms with van der Waals surface area (Å²) in [5.41, 5.74) is 0.0595. The van der Waals surface area contributed by atoms with Crippen LogP contribution in [0.5, 0.6) is 0 Å². The van der Waals surface area contributed by atoms with Crippen molar-refractivity contribution in [2.75, 3.05) is 11.9 Å². The number of hydrogen-bond acceptors (Lipinski definition) is 4. The van der Waals surface area contributed by atoms with Crippen molar-refractivity contribution in [1.82, 2.24) is 10.2 Å². The second-order valence-electron chi connectivity index (χ2n) is 2.98. The first kappa shape index (κ1) is 11.0. The number of H-pyrrole nitrogens is 1. The minimum absolute atomic E-state index is 0.0427. The van der Waals surface area contributed by atoms with Crippen LogP contribution < -0.4 is 10.9 Å². The minimum Gasteiger partial charge on any atom is -0.396 e. The van der Waals surface area contributed by atoms with Crippen LogP contribution >= 0.6 is 11.6 Å². The van der Waals surface area contributed by atoms with Crippen molar-refractivity contribution in [3.8, 4) is 0 Å². The van der Waals surface area contributed by atoms with Gasteiger partial charge in [0.1, 0.15) is 5.02 Å². The van der Waals surface area contributed by atoms with Crippen molar-refractivity contribution in [2.45, 2.75) is 19.4 Å². The van der Waals surface area contributed by atoms with Gasteiger partial charge >= 0.3 is 0 Å². The summed E-state index contributed by atoms with van der Waals surface area (Å²) in [4.78, 5) is 11.0. The molecule has 0 bridgehead atoms. The van der Waals surface area contributed by atoms with Gasteiger partial charge in [-0.15, -0.1) is 0 Å². The van der Waals surface area contributed by atoms with E-state index in [-0.39, 0.29) is 17.7 Å². The van der Waals surface area contributed by atoms with Crippen molar-refractivity contribution >= 4 is 17.3 Å². The summed E-state index contributed by atoms with van der Waals surface area (Å²) in [6, 6.07) is 0.0427. The van der Waals surface area contributed by atoms with Gasteiger partial charge in [0.25, 0.3) is 5.56 Å². The fourth-order valence-electron chi connectivity index (χ4n) is 1.02. The van der Waals surface area contributed by atoms with Gasteiger partial charge in [0.05, 0.1) is 11.9 Å². The van der Waals surface area contributed by atoms with E-state index in [1.165, 1.54) is 6.20 Å². The predicted molar refractivity (Wildman–Crippen MR) is 54.7 cm³/mol. The second kappa shape index (κ2) is 4.97. The summed E-state index contributed by atoms with van der Waals surface area (Å²) in [6.07, 6.45) is 2.03. The first-order chi connectivity index (χ1) is 6.65. The highest BCUT2D eigenvalue weighted by Crippen LogP contribution is 2.15. The molecule has 1 heterocycles. The third kappa shape index (κ3) is 2.71. The standard InChI is InChI=1S/C8H12ClN3O2/c1-5(2-3-13)11-6-4-10-12-8(14)7(6)9/h4-5,13H,2-3H2,1H3,(H2,11,12,14)/t5-/m0/s1. The Bertz CT molecular complexity index is 353. The van der Waals surface area contributed by atoms with Gasteiger partial charge in [0.2, 0.25) is 0 Å². The zero-order valence-corrected chi connectivity index (χ0v) is 8.51. The zero-order valence-electron chi connectivity index (χ0n) is 7.75. The van der Waals surface area contributed by atoms with Crippen LogP contribution in [0.25, 0.3) is 0 Å². The molecule has 1 aromatic heterocycles. The lowest BCUT2D eigenvalue weighted by molar-refractivity contribution is 0.282. The third-order valence-corrected chi connectivity index (χ3v) is 2.13. The van der Waals surface area contributed by atoms with E-state index in [1.807, 2.05) is 6.92 Å². The van der Waals surface area contributed by atoms with E-state index in [0.29, 0.717) is 12.1 Å². The van der Waals surface area contributed by atoms with E-state index in [1.54, 1.807) is 0 Å². The Balaban J connectivity index is 2.76. The normalized spacial score (nSPS) is 12.5. The molecule has 5 nitrogen and oxygen atoms in total. The maximum Gasteiger partial charge on any atom is 0.285 e.